The van der Waals surface area contributed by atoms with Crippen molar-refractivity contribution in [1.29, 1.82) is 0 Å². The molecule has 0 aliphatic heterocycles. The van der Waals surface area contributed by atoms with Crippen LogP contribution in [0.5, 0.6) is 5.75 Å². The van der Waals surface area contributed by atoms with Crippen molar-refractivity contribution in [1.82, 2.24) is 20.4 Å². The molecule has 1 aliphatic rings. The number of carbonyl (C=O) groups is 1. The first-order valence-electron chi connectivity index (χ1n) is 9.96. The molecule has 7 nitrogen and oxygen atoms in total. The Bertz CT molecular complexity index is 996. The third-order valence-corrected chi connectivity index (χ3v) is 6.28. The number of carbonyl (C=O) groups excluding carboxylic acids is 1. The van der Waals surface area contributed by atoms with E-state index >= 15 is 0 Å². The average molecular weight is 447 g/mol. The molecule has 30 heavy (non-hydrogen) atoms. The normalized spacial score (nSPS) is 15.7. The molecule has 0 radical (unpaired) electrons. The van der Waals surface area contributed by atoms with Crippen LogP contribution in [0.4, 0.5) is 0 Å². The summed E-state index contributed by atoms with van der Waals surface area (Å²) < 4.78 is 10.9. The van der Waals surface area contributed by atoms with Gasteiger partial charge in [0, 0.05) is 17.3 Å². The van der Waals surface area contributed by atoms with Crippen molar-refractivity contribution in [2.45, 2.75) is 57.6 Å². The van der Waals surface area contributed by atoms with Gasteiger partial charge in [0.05, 0.1) is 12.1 Å². The van der Waals surface area contributed by atoms with Gasteiger partial charge in [0.15, 0.2) is 5.82 Å². The second-order valence-corrected chi connectivity index (χ2v) is 8.86. The first kappa shape index (κ1) is 20.8. The molecule has 1 saturated carbocycles. The minimum atomic E-state index is -0.552. The number of hydrogen-bond acceptors (Lipinski definition) is 7. The van der Waals surface area contributed by atoms with Crippen molar-refractivity contribution in [3.05, 3.63) is 57.1 Å². The van der Waals surface area contributed by atoms with Gasteiger partial charge in [0.2, 0.25) is 11.8 Å². The largest absolute Gasteiger partial charge is 0.486 e. The van der Waals surface area contributed by atoms with Crippen LogP contribution in [0.15, 0.2) is 34.2 Å². The zero-order valence-electron chi connectivity index (χ0n) is 16.7. The zero-order valence-corrected chi connectivity index (χ0v) is 18.3. The molecule has 1 aromatic carbocycles. The highest BCUT2D eigenvalue weighted by Crippen LogP contribution is 2.35. The first-order valence-corrected chi connectivity index (χ1v) is 11.2. The van der Waals surface area contributed by atoms with Gasteiger partial charge in [-0.3, -0.25) is 4.79 Å². The molecule has 0 unspecified atom stereocenters. The van der Waals surface area contributed by atoms with Crippen LogP contribution in [0.2, 0.25) is 5.02 Å². The van der Waals surface area contributed by atoms with Crippen molar-refractivity contribution < 1.29 is 14.1 Å². The van der Waals surface area contributed by atoms with E-state index in [0.717, 1.165) is 48.6 Å². The van der Waals surface area contributed by atoms with Gasteiger partial charge in [-0.25, -0.2) is 4.98 Å². The summed E-state index contributed by atoms with van der Waals surface area (Å²) in [7, 11) is 0. The number of benzene rings is 1. The fourth-order valence-electron chi connectivity index (χ4n) is 3.70. The molecule has 1 aliphatic carbocycles. The lowest BCUT2D eigenvalue weighted by Crippen LogP contribution is -2.48. The molecule has 158 valence electrons. The Hall–Kier alpha value is -2.45. The summed E-state index contributed by atoms with van der Waals surface area (Å²) in [6.07, 6.45) is 5.03. The second kappa shape index (κ2) is 9.14. The number of aryl methyl sites for hydroxylation is 1. The quantitative estimate of drug-likeness (QED) is 0.571. The molecular weight excluding hydrogens is 424 g/mol. The fraction of sp³-hybridized carbons (Fsp3) is 0.429. The Kier molecular flexibility index (Phi) is 6.34. The van der Waals surface area contributed by atoms with Crippen LogP contribution in [0.3, 0.4) is 0 Å². The van der Waals surface area contributed by atoms with Gasteiger partial charge in [-0.1, -0.05) is 36.0 Å². The Labute approximate surface area is 183 Å². The molecule has 0 spiro atoms. The third-order valence-electron chi connectivity index (χ3n) is 5.16. The van der Waals surface area contributed by atoms with Gasteiger partial charge in [-0.15, -0.1) is 11.3 Å². The first-order chi connectivity index (χ1) is 14.5. The Morgan fingerprint density at radius 2 is 2.00 bits per heavy atom. The maximum atomic E-state index is 12.8. The molecule has 0 bridgehead atoms. The number of ether oxygens (including phenoxy) is 1. The van der Waals surface area contributed by atoms with Crippen LogP contribution in [0.25, 0.3) is 0 Å². The van der Waals surface area contributed by atoms with Crippen LogP contribution >= 0.6 is 22.9 Å². The van der Waals surface area contributed by atoms with Gasteiger partial charge in [-0.05, 0) is 37.1 Å². The summed E-state index contributed by atoms with van der Waals surface area (Å²) in [5.74, 6) is 1.72. The van der Waals surface area contributed by atoms with Crippen molar-refractivity contribution in [3.63, 3.8) is 0 Å². The van der Waals surface area contributed by atoms with Crippen LogP contribution in [-0.2, 0) is 23.4 Å². The van der Waals surface area contributed by atoms with Crippen molar-refractivity contribution in [3.8, 4) is 5.75 Å². The van der Waals surface area contributed by atoms with Crippen LogP contribution < -0.4 is 10.1 Å². The predicted molar refractivity (Wildman–Crippen MR) is 114 cm³/mol. The number of nitrogens with zero attached hydrogens (tertiary/aromatic N) is 3. The van der Waals surface area contributed by atoms with E-state index in [2.05, 4.69) is 20.4 Å². The molecule has 2 aromatic heterocycles. The van der Waals surface area contributed by atoms with E-state index in [1.807, 2.05) is 17.5 Å². The molecule has 2 heterocycles. The minimum Gasteiger partial charge on any atom is -0.486 e. The van der Waals surface area contributed by atoms with Crippen LogP contribution in [-0.4, -0.2) is 21.0 Å². The summed E-state index contributed by atoms with van der Waals surface area (Å²) in [5, 5.41) is 10.6. The number of rotatable bonds is 7. The summed E-state index contributed by atoms with van der Waals surface area (Å²) in [4.78, 5) is 21.7. The average Bonchev–Trinajstić information content (AvgIpc) is 3.37. The molecule has 1 N–H and O–H groups in total. The van der Waals surface area contributed by atoms with E-state index in [9.17, 15) is 4.79 Å². The van der Waals surface area contributed by atoms with Crippen LogP contribution in [0, 0.1) is 6.92 Å². The highest BCUT2D eigenvalue weighted by Gasteiger charge is 2.39. The number of amides is 1. The third kappa shape index (κ3) is 4.99. The molecule has 0 atom stereocenters. The number of halogens is 1. The molecule has 3 aromatic rings. The van der Waals surface area contributed by atoms with Crippen molar-refractivity contribution >= 4 is 28.8 Å². The lowest BCUT2D eigenvalue weighted by Gasteiger charge is -2.35. The number of nitrogens with one attached hydrogen (secondary N) is 1. The van der Waals surface area contributed by atoms with Crippen LogP contribution in [0.1, 0.15) is 54.5 Å². The standard InChI is InChI=1S/C21H23ClN4O3S/c1-14-23-20(26-29-14)21(9-3-2-4-10-21)25-18(27)11-16-13-30-19(24-16)12-28-17-7-5-15(22)6-8-17/h5-8,13H,2-4,9-12H2,1H3,(H,25,27). The topological polar surface area (TPSA) is 90.1 Å². The number of aromatic nitrogens is 3. The SMILES string of the molecule is Cc1nc(C2(NC(=O)Cc3csc(COc4ccc(Cl)cc4)n3)CCCCC2)no1. The molecule has 9 heteroatoms. The second-order valence-electron chi connectivity index (χ2n) is 7.48. The summed E-state index contributed by atoms with van der Waals surface area (Å²) >= 11 is 7.36. The van der Waals surface area contributed by atoms with E-state index < -0.39 is 5.54 Å². The van der Waals surface area contributed by atoms with Gasteiger partial charge in [-0.2, -0.15) is 4.98 Å². The fourth-order valence-corrected chi connectivity index (χ4v) is 4.53. The lowest BCUT2D eigenvalue weighted by molar-refractivity contribution is -0.123. The molecular formula is C21H23ClN4O3S. The Balaban J connectivity index is 1.37. The van der Waals surface area contributed by atoms with Gasteiger partial charge in [0.1, 0.15) is 22.9 Å². The maximum Gasteiger partial charge on any atom is 0.226 e. The van der Waals surface area contributed by atoms with Crippen molar-refractivity contribution in [2.24, 2.45) is 0 Å². The number of hydrogen-bond donors (Lipinski definition) is 1. The summed E-state index contributed by atoms with van der Waals surface area (Å²) in [5.41, 5.74) is 0.173. The molecule has 0 saturated heterocycles. The smallest absolute Gasteiger partial charge is 0.226 e. The highest BCUT2D eigenvalue weighted by molar-refractivity contribution is 7.09. The van der Waals surface area contributed by atoms with Gasteiger partial charge < -0.3 is 14.6 Å². The maximum absolute atomic E-state index is 12.8. The van der Waals surface area contributed by atoms with E-state index in [-0.39, 0.29) is 12.3 Å². The summed E-state index contributed by atoms with van der Waals surface area (Å²) in [6.45, 7) is 2.11. The van der Waals surface area contributed by atoms with Crippen molar-refractivity contribution in [2.75, 3.05) is 0 Å². The zero-order chi connectivity index (χ0) is 21.0. The van der Waals surface area contributed by atoms with Gasteiger partial charge >= 0.3 is 0 Å². The molecule has 1 fully saturated rings. The van der Waals surface area contributed by atoms with E-state index in [4.69, 9.17) is 20.9 Å². The lowest BCUT2D eigenvalue weighted by atomic mass is 9.81. The minimum absolute atomic E-state index is 0.0881. The molecule has 4 rings (SSSR count). The van der Waals surface area contributed by atoms with Gasteiger partial charge in [0.25, 0.3) is 0 Å². The Morgan fingerprint density at radius 3 is 2.70 bits per heavy atom. The Morgan fingerprint density at radius 1 is 1.23 bits per heavy atom. The highest BCUT2D eigenvalue weighted by atomic mass is 35.5. The molecule has 1 amide bonds. The van der Waals surface area contributed by atoms with E-state index in [0.29, 0.717) is 23.3 Å². The van der Waals surface area contributed by atoms with E-state index in [1.165, 1.54) is 11.3 Å². The number of thiazole rings is 1. The van der Waals surface area contributed by atoms with E-state index in [1.54, 1.807) is 19.1 Å². The summed E-state index contributed by atoms with van der Waals surface area (Å²) in [6, 6.07) is 7.18. The monoisotopic (exact) mass is 446 g/mol. The predicted octanol–water partition coefficient (Wildman–Crippen LogP) is 4.59.